The maximum atomic E-state index is 6.00. The first kappa shape index (κ1) is 12.4. The Morgan fingerprint density at radius 2 is 1.94 bits per heavy atom. The van der Waals surface area contributed by atoms with E-state index >= 15 is 0 Å². The summed E-state index contributed by atoms with van der Waals surface area (Å²) in [6.45, 7) is 8.21. The van der Waals surface area contributed by atoms with Gasteiger partial charge >= 0.3 is 0 Å². The molecule has 1 heterocycles. The monoisotopic (exact) mass is 224 g/mol. The van der Waals surface area contributed by atoms with Gasteiger partial charge < -0.3 is 5.73 Å². The van der Waals surface area contributed by atoms with Gasteiger partial charge in [0.2, 0.25) is 0 Å². The molecule has 0 amide bonds. The van der Waals surface area contributed by atoms with E-state index in [-0.39, 0.29) is 0 Å². The van der Waals surface area contributed by atoms with Crippen molar-refractivity contribution in [2.45, 2.75) is 57.9 Å². The van der Waals surface area contributed by atoms with Crippen molar-refractivity contribution in [2.75, 3.05) is 19.6 Å². The molecule has 94 valence electrons. The normalized spacial score (nSPS) is 31.1. The number of likely N-dealkylation sites (tertiary alicyclic amines) is 1. The molecule has 1 unspecified atom stereocenters. The van der Waals surface area contributed by atoms with E-state index in [4.69, 9.17) is 5.73 Å². The number of nitrogens with zero attached hydrogens (tertiary/aromatic N) is 1. The van der Waals surface area contributed by atoms with E-state index in [0.717, 1.165) is 18.4 Å². The Bertz CT molecular complexity index is 215. The molecule has 2 N–H and O–H groups in total. The highest BCUT2D eigenvalue weighted by Gasteiger charge is 2.41. The quantitative estimate of drug-likeness (QED) is 0.798. The van der Waals surface area contributed by atoms with E-state index in [2.05, 4.69) is 18.7 Å². The Labute approximate surface area is 101 Å². The molecule has 0 spiro atoms. The summed E-state index contributed by atoms with van der Waals surface area (Å²) in [4.78, 5) is 2.72. The second kappa shape index (κ2) is 5.05. The van der Waals surface area contributed by atoms with E-state index < -0.39 is 0 Å². The van der Waals surface area contributed by atoms with Crippen LogP contribution in [0.25, 0.3) is 0 Å². The fourth-order valence-corrected chi connectivity index (χ4v) is 3.50. The first-order valence-electron chi connectivity index (χ1n) is 7.13. The van der Waals surface area contributed by atoms with Crippen LogP contribution in [0.15, 0.2) is 0 Å². The number of hydrogen-bond acceptors (Lipinski definition) is 2. The lowest BCUT2D eigenvalue weighted by atomic mass is 9.75. The minimum Gasteiger partial charge on any atom is -0.329 e. The molecule has 1 saturated heterocycles. The molecule has 0 aromatic rings. The van der Waals surface area contributed by atoms with Crippen LogP contribution < -0.4 is 5.73 Å². The van der Waals surface area contributed by atoms with Gasteiger partial charge in [-0.3, -0.25) is 4.90 Å². The molecule has 1 aliphatic heterocycles. The standard InChI is InChI=1S/C14H28N2/c1-12(2)13-5-3-9-16(10-6-13)14(11-15)7-4-8-14/h12-13H,3-11,15H2,1-2H3. The summed E-state index contributed by atoms with van der Waals surface area (Å²) >= 11 is 0. The number of nitrogens with two attached hydrogens (primary N) is 1. The first-order chi connectivity index (χ1) is 7.68. The van der Waals surface area contributed by atoms with Crippen LogP contribution in [-0.2, 0) is 0 Å². The second-order valence-corrected chi connectivity index (χ2v) is 6.20. The molecular weight excluding hydrogens is 196 g/mol. The van der Waals surface area contributed by atoms with Crippen molar-refractivity contribution in [2.24, 2.45) is 17.6 Å². The molecule has 0 aromatic heterocycles. The SMILES string of the molecule is CC(C)C1CCCN(C2(CN)CCC2)CC1. The lowest BCUT2D eigenvalue weighted by molar-refractivity contribution is 0.0250. The molecular formula is C14H28N2. The highest BCUT2D eigenvalue weighted by Crippen LogP contribution is 2.39. The van der Waals surface area contributed by atoms with Crippen LogP contribution in [0.4, 0.5) is 0 Å². The topological polar surface area (TPSA) is 29.3 Å². The molecule has 1 saturated carbocycles. The third-order valence-electron chi connectivity index (χ3n) is 5.05. The highest BCUT2D eigenvalue weighted by atomic mass is 15.2. The van der Waals surface area contributed by atoms with Crippen LogP contribution in [0.1, 0.15) is 52.4 Å². The Balaban J connectivity index is 1.93. The molecule has 2 aliphatic rings. The van der Waals surface area contributed by atoms with E-state index in [1.165, 1.54) is 51.6 Å². The highest BCUT2D eigenvalue weighted by molar-refractivity contribution is 4.99. The average Bonchev–Trinajstić information content (AvgIpc) is 2.43. The van der Waals surface area contributed by atoms with Crippen molar-refractivity contribution in [1.82, 2.24) is 4.90 Å². The predicted octanol–water partition coefficient (Wildman–Crippen LogP) is 2.63. The lowest BCUT2D eigenvalue weighted by Crippen LogP contribution is -2.58. The van der Waals surface area contributed by atoms with Gasteiger partial charge in [-0.25, -0.2) is 0 Å². The van der Waals surface area contributed by atoms with E-state index in [0.29, 0.717) is 5.54 Å². The van der Waals surface area contributed by atoms with Gasteiger partial charge in [-0.05, 0) is 63.5 Å². The van der Waals surface area contributed by atoms with Gasteiger partial charge in [0.05, 0.1) is 0 Å². The van der Waals surface area contributed by atoms with Gasteiger partial charge in [0, 0.05) is 12.1 Å². The van der Waals surface area contributed by atoms with Crippen LogP contribution in [0.3, 0.4) is 0 Å². The summed E-state index contributed by atoms with van der Waals surface area (Å²) in [5.41, 5.74) is 6.41. The third kappa shape index (κ3) is 2.28. The fraction of sp³-hybridized carbons (Fsp3) is 1.00. The maximum Gasteiger partial charge on any atom is 0.0331 e. The molecule has 2 rings (SSSR count). The molecule has 1 atom stereocenters. The zero-order chi connectivity index (χ0) is 11.6. The molecule has 0 radical (unpaired) electrons. The van der Waals surface area contributed by atoms with Crippen LogP contribution >= 0.6 is 0 Å². The maximum absolute atomic E-state index is 6.00. The number of rotatable bonds is 3. The lowest BCUT2D eigenvalue weighted by Gasteiger charge is -2.49. The second-order valence-electron chi connectivity index (χ2n) is 6.20. The largest absolute Gasteiger partial charge is 0.329 e. The van der Waals surface area contributed by atoms with Crippen molar-refractivity contribution in [3.8, 4) is 0 Å². The van der Waals surface area contributed by atoms with Crippen molar-refractivity contribution in [3.05, 3.63) is 0 Å². The van der Waals surface area contributed by atoms with Gasteiger partial charge in [0.25, 0.3) is 0 Å². The fourth-order valence-electron chi connectivity index (χ4n) is 3.50. The summed E-state index contributed by atoms with van der Waals surface area (Å²) in [6.07, 6.45) is 8.27. The first-order valence-corrected chi connectivity index (χ1v) is 7.13. The summed E-state index contributed by atoms with van der Waals surface area (Å²) in [7, 11) is 0. The third-order valence-corrected chi connectivity index (χ3v) is 5.05. The summed E-state index contributed by atoms with van der Waals surface area (Å²) in [5.74, 6) is 1.80. The van der Waals surface area contributed by atoms with Gasteiger partial charge in [-0.1, -0.05) is 13.8 Å². The Morgan fingerprint density at radius 1 is 1.19 bits per heavy atom. The molecule has 2 heteroatoms. The molecule has 2 fully saturated rings. The number of hydrogen-bond donors (Lipinski definition) is 1. The summed E-state index contributed by atoms with van der Waals surface area (Å²) in [5, 5.41) is 0. The van der Waals surface area contributed by atoms with E-state index in [1.54, 1.807) is 0 Å². The van der Waals surface area contributed by atoms with Crippen molar-refractivity contribution >= 4 is 0 Å². The van der Waals surface area contributed by atoms with E-state index in [1.807, 2.05) is 0 Å². The molecule has 2 nitrogen and oxygen atoms in total. The van der Waals surface area contributed by atoms with Gasteiger partial charge in [0.1, 0.15) is 0 Å². The van der Waals surface area contributed by atoms with Crippen LogP contribution in [0.5, 0.6) is 0 Å². The van der Waals surface area contributed by atoms with Gasteiger partial charge in [-0.15, -0.1) is 0 Å². The molecule has 1 aliphatic carbocycles. The minimum absolute atomic E-state index is 0.409. The van der Waals surface area contributed by atoms with E-state index in [9.17, 15) is 0 Å². The van der Waals surface area contributed by atoms with Crippen molar-refractivity contribution < 1.29 is 0 Å². The molecule has 0 bridgehead atoms. The Morgan fingerprint density at radius 3 is 2.44 bits per heavy atom. The zero-order valence-electron chi connectivity index (χ0n) is 11.0. The van der Waals surface area contributed by atoms with Crippen LogP contribution in [0.2, 0.25) is 0 Å². The van der Waals surface area contributed by atoms with Crippen molar-refractivity contribution in [1.29, 1.82) is 0 Å². The minimum atomic E-state index is 0.409. The molecule has 16 heavy (non-hydrogen) atoms. The predicted molar refractivity (Wildman–Crippen MR) is 69.4 cm³/mol. The zero-order valence-corrected chi connectivity index (χ0v) is 11.0. The molecule has 0 aromatic carbocycles. The summed E-state index contributed by atoms with van der Waals surface area (Å²) < 4.78 is 0. The average molecular weight is 224 g/mol. The Kier molecular flexibility index (Phi) is 3.91. The smallest absolute Gasteiger partial charge is 0.0331 e. The summed E-state index contributed by atoms with van der Waals surface area (Å²) in [6, 6.07) is 0. The Hall–Kier alpha value is -0.0800. The van der Waals surface area contributed by atoms with Crippen LogP contribution in [-0.4, -0.2) is 30.1 Å². The van der Waals surface area contributed by atoms with Gasteiger partial charge in [0.15, 0.2) is 0 Å². The van der Waals surface area contributed by atoms with Gasteiger partial charge in [-0.2, -0.15) is 0 Å². The van der Waals surface area contributed by atoms with Crippen LogP contribution in [0, 0.1) is 11.8 Å². The van der Waals surface area contributed by atoms with Crippen molar-refractivity contribution in [3.63, 3.8) is 0 Å².